The van der Waals surface area contributed by atoms with Gasteiger partial charge in [-0.25, -0.2) is 23.4 Å². The van der Waals surface area contributed by atoms with Crippen molar-refractivity contribution in [1.29, 1.82) is 0 Å². The van der Waals surface area contributed by atoms with Gasteiger partial charge in [0.2, 0.25) is 0 Å². The minimum absolute atomic E-state index is 0.0832. The van der Waals surface area contributed by atoms with E-state index in [-0.39, 0.29) is 23.8 Å². The summed E-state index contributed by atoms with van der Waals surface area (Å²) in [7, 11) is 1.37. The Labute approximate surface area is 244 Å². The number of hydrogen-bond acceptors (Lipinski definition) is 9. The number of esters is 1. The lowest BCUT2D eigenvalue weighted by Crippen LogP contribution is -2.47. The number of fused-ring (bicyclic) bond motifs is 1. The molecule has 3 amide bonds. The number of ether oxygens (including phenoxy) is 2. The van der Waals surface area contributed by atoms with Crippen LogP contribution in [0.4, 0.5) is 24.2 Å². The number of hydrogen-bond donors (Lipinski definition) is 5. The predicted molar refractivity (Wildman–Crippen MR) is 149 cm³/mol. The summed E-state index contributed by atoms with van der Waals surface area (Å²) in [6.07, 6.45) is -1.04. The molecule has 3 atom stereocenters. The van der Waals surface area contributed by atoms with Gasteiger partial charge < -0.3 is 35.6 Å². The maximum atomic E-state index is 13.7. The summed E-state index contributed by atoms with van der Waals surface area (Å²) in [6, 6.07) is 6.76. The standard InChI is InChI=1S/C27H30ClF2N5O7/c1-35(26(39)33-11-16-3-2-4-21(30)24(16)28)19(9-20(37)14-41-25(38)22(31)12-36)13-42-27(40)34-23-8-17-7-18(29)6-5-15(17)10-32-23/h2-8,10,19-20,22,36-37H,9,11-14,31H2,1H3,(H,33,39)(H,32,34,40)/t19-,20?,22+/m0/s1. The normalized spacial score (nSPS) is 13.1. The molecule has 0 aliphatic rings. The molecule has 3 rings (SSSR count). The van der Waals surface area contributed by atoms with E-state index >= 15 is 0 Å². The Morgan fingerprint density at radius 1 is 1.12 bits per heavy atom. The Kier molecular flexibility index (Phi) is 11.7. The molecule has 226 valence electrons. The van der Waals surface area contributed by atoms with E-state index in [1.54, 1.807) is 0 Å². The number of urea groups is 1. The predicted octanol–water partition coefficient (Wildman–Crippen LogP) is 2.54. The highest BCUT2D eigenvalue weighted by atomic mass is 35.5. The molecule has 0 fully saturated rings. The second kappa shape index (κ2) is 15.2. The molecule has 1 heterocycles. The minimum atomic E-state index is -1.32. The molecule has 42 heavy (non-hydrogen) atoms. The van der Waals surface area contributed by atoms with Gasteiger partial charge in [0.1, 0.15) is 36.7 Å². The van der Waals surface area contributed by atoms with Crippen LogP contribution in [0.25, 0.3) is 10.8 Å². The van der Waals surface area contributed by atoms with Crippen molar-refractivity contribution in [3.63, 3.8) is 0 Å². The smallest absolute Gasteiger partial charge is 0.412 e. The molecular weight excluding hydrogens is 580 g/mol. The third-order valence-corrected chi connectivity index (χ3v) is 6.54. The number of anilines is 1. The number of benzene rings is 2. The Bertz CT molecular complexity index is 1420. The monoisotopic (exact) mass is 609 g/mol. The number of pyridine rings is 1. The van der Waals surface area contributed by atoms with Crippen LogP contribution in [0.2, 0.25) is 5.02 Å². The molecule has 0 aliphatic heterocycles. The highest BCUT2D eigenvalue weighted by Crippen LogP contribution is 2.20. The van der Waals surface area contributed by atoms with Gasteiger partial charge >= 0.3 is 18.1 Å². The van der Waals surface area contributed by atoms with E-state index in [9.17, 15) is 28.3 Å². The zero-order valence-electron chi connectivity index (χ0n) is 22.4. The van der Waals surface area contributed by atoms with E-state index in [1.807, 2.05) is 0 Å². The van der Waals surface area contributed by atoms with Crippen molar-refractivity contribution < 1.29 is 42.9 Å². The molecule has 3 aromatic rings. The van der Waals surface area contributed by atoms with Crippen molar-refractivity contribution in [2.45, 2.75) is 31.2 Å². The van der Waals surface area contributed by atoms with Gasteiger partial charge in [0.25, 0.3) is 0 Å². The van der Waals surface area contributed by atoms with Gasteiger partial charge in [-0.2, -0.15) is 0 Å². The van der Waals surface area contributed by atoms with E-state index in [1.165, 1.54) is 55.7 Å². The Balaban J connectivity index is 1.65. The number of halogens is 3. The number of rotatable bonds is 12. The molecule has 12 nitrogen and oxygen atoms in total. The van der Waals surface area contributed by atoms with Crippen LogP contribution >= 0.6 is 11.6 Å². The average molecular weight is 610 g/mol. The molecule has 0 saturated heterocycles. The Morgan fingerprint density at radius 2 is 1.88 bits per heavy atom. The summed E-state index contributed by atoms with van der Waals surface area (Å²) in [5, 5.41) is 25.4. The van der Waals surface area contributed by atoms with Crippen molar-refractivity contribution in [3.05, 3.63) is 70.9 Å². The molecule has 1 aromatic heterocycles. The van der Waals surface area contributed by atoms with Crippen molar-refractivity contribution in [2.75, 3.05) is 32.2 Å². The molecule has 0 aliphatic carbocycles. The fourth-order valence-electron chi connectivity index (χ4n) is 3.72. The number of aliphatic hydroxyl groups is 2. The maximum Gasteiger partial charge on any atom is 0.412 e. The molecule has 0 saturated carbocycles. The van der Waals surface area contributed by atoms with Crippen LogP contribution in [-0.4, -0.2) is 83.2 Å². The van der Waals surface area contributed by atoms with Gasteiger partial charge in [0.15, 0.2) is 0 Å². The Hall–Kier alpha value is -4.11. The van der Waals surface area contributed by atoms with Crippen LogP contribution in [0.5, 0.6) is 0 Å². The van der Waals surface area contributed by atoms with E-state index < -0.39 is 67.7 Å². The van der Waals surface area contributed by atoms with Crippen molar-refractivity contribution in [1.82, 2.24) is 15.2 Å². The number of aromatic nitrogens is 1. The summed E-state index contributed by atoms with van der Waals surface area (Å²) in [5.41, 5.74) is 5.71. The van der Waals surface area contributed by atoms with Gasteiger partial charge in [0, 0.05) is 31.6 Å². The number of amides is 3. The summed E-state index contributed by atoms with van der Waals surface area (Å²) in [6.45, 7) is -1.71. The SMILES string of the molecule is CN(C(=O)NCc1cccc(F)c1Cl)[C@H](COC(=O)Nc1cc2cc(F)ccc2cn1)CC(O)COC(=O)[C@H](N)CO. The first-order valence-corrected chi connectivity index (χ1v) is 13.0. The summed E-state index contributed by atoms with van der Waals surface area (Å²) in [4.78, 5) is 42.4. The fourth-order valence-corrected chi connectivity index (χ4v) is 3.91. The summed E-state index contributed by atoms with van der Waals surface area (Å²) >= 11 is 5.94. The topological polar surface area (TPSA) is 176 Å². The first-order chi connectivity index (χ1) is 20.0. The zero-order valence-corrected chi connectivity index (χ0v) is 23.2. The number of carbonyl (C=O) groups excluding carboxylic acids is 3. The average Bonchev–Trinajstić information content (AvgIpc) is 2.97. The van der Waals surface area contributed by atoms with Crippen molar-refractivity contribution in [2.24, 2.45) is 5.73 Å². The maximum absolute atomic E-state index is 13.7. The van der Waals surface area contributed by atoms with Gasteiger partial charge in [0.05, 0.1) is 23.8 Å². The summed E-state index contributed by atoms with van der Waals surface area (Å²) in [5.74, 6) is -1.98. The van der Waals surface area contributed by atoms with E-state index in [0.29, 0.717) is 16.3 Å². The van der Waals surface area contributed by atoms with Gasteiger partial charge in [-0.3, -0.25) is 10.1 Å². The first-order valence-electron chi connectivity index (χ1n) is 12.6. The van der Waals surface area contributed by atoms with Crippen LogP contribution in [0.3, 0.4) is 0 Å². The largest absolute Gasteiger partial charge is 0.462 e. The molecule has 1 unspecified atom stereocenters. The van der Waals surface area contributed by atoms with Crippen LogP contribution in [0, 0.1) is 11.6 Å². The van der Waals surface area contributed by atoms with Crippen molar-refractivity contribution >= 4 is 46.3 Å². The first kappa shape index (κ1) is 32.4. The lowest BCUT2D eigenvalue weighted by molar-refractivity contribution is -0.149. The molecule has 6 N–H and O–H groups in total. The molecular formula is C27H30ClF2N5O7. The number of nitrogens with zero attached hydrogens (tertiary/aromatic N) is 2. The number of likely N-dealkylation sites (N-methyl/N-ethyl adjacent to an activating group) is 1. The molecule has 15 heteroatoms. The quantitative estimate of drug-likeness (QED) is 0.193. The molecule has 2 aromatic carbocycles. The van der Waals surface area contributed by atoms with Crippen LogP contribution < -0.4 is 16.4 Å². The van der Waals surface area contributed by atoms with Crippen LogP contribution in [0.15, 0.2) is 48.7 Å². The van der Waals surface area contributed by atoms with Gasteiger partial charge in [-0.1, -0.05) is 23.7 Å². The van der Waals surface area contributed by atoms with Crippen molar-refractivity contribution in [3.8, 4) is 0 Å². The third kappa shape index (κ3) is 9.21. The highest BCUT2D eigenvalue weighted by Gasteiger charge is 2.26. The fraction of sp³-hybridized carbons (Fsp3) is 0.333. The zero-order chi connectivity index (χ0) is 30.8. The van der Waals surface area contributed by atoms with Crippen LogP contribution in [0.1, 0.15) is 12.0 Å². The third-order valence-electron chi connectivity index (χ3n) is 6.11. The molecule has 0 spiro atoms. The lowest BCUT2D eigenvalue weighted by Gasteiger charge is -2.29. The number of nitrogens with two attached hydrogens (primary N) is 1. The van der Waals surface area contributed by atoms with E-state index in [0.717, 1.165) is 4.90 Å². The number of nitrogens with one attached hydrogen (secondary N) is 2. The minimum Gasteiger partial charge on any atom is -0.462 e. The Morgan fingerprint density at radius 3 is 2.62 bits per heavy atom. The highest BCUT2D eigenvalue weighted by molar-refractivity contribution is 6.31. The second-order valence-corrected chi connectivity index (χ2v) is 9.61. The number of carbonyl (C=O) groups is 3. The van der Waals surface area contributed by atoms with E-state index in [4.69, 9.17) is 31.9 Å². The van der Waals surface area contributed by atoms with Gasteiger partial charge in [-0.05, 0) is 41.3 Å². The van der Waals surface area contributed by atoms with E-state index in [2.05, 4.69) is 15.6 Å². The lowest BCUT2D eigenvalue weighted by atomic mass is 10.1. The molecule has 0 bridgehead atoms. The summed E-state index contributed by atoms with van der Waals surface area (Å²) < 4.78 is 37.5. The molecule has 0 radical (unpaired) electrons. The van der Waals surface area contributed by atoms with Crippen LogP contribution in [-0.2, 0) is 20.8 Å². The second-order valence-electron chi connectivity index (χ2n) is 9.23. The number of aliphatic hydroxyl groups excluding tert-OH is 2. The van der Waals surface area contributed by atoms with Gasteiger partial charge in [-0.15, -0.1) is 0 Å².